The predicted octanol–water partition coefficient (Wildman–Crippen LogP) is 3.09. The number of fused-ring (bicyclic) bond motifs is 1. The van der Waals surface area contributed by atoms with Crippen molar-refractivity contribution >= 4 is 22.9 Å². The van der Waals surface area contributed by atoms with Crippen LogP contribution in [-0.2, 0) is 6.42 Å². The fourth-order valence-electron chi connectivity index (χ4n) is 3.07. The van der Waals surface area contributed by atoms with Crippen LogP contribution < -0.4 is 4.90 Å². The van der Waals surface area contributed by atoms with Gasteiger partial charge in [0.25, 0.3) is 5.91 Å². The number of hydrogen-bond donors (Lipinski definition) is 0. The van der Waals surface area contributed by atoms with E-state index in [9.17, 15) is 4.79 Å². The van der Waals surface area contributed by atoms with Gasteiger partial charge in [-0.3, -0.25) is 9.48 Å². The number of hydrogen-bond acceptors (Lipinski definition) is 4. The van der Waals surface area contributed by atoms with Crippen molar-refractivity contribution < 1.29 is 4.79 Å². The molecule has 0 bridgehead atoms. The lowest BCUT2D eigenvalue weighted by atomic mass is 9.97. The van der Waals surface area contributed by atoms with E-state index in [1.807, 2.05) is 47.0 Å². The maximum absolute atomic E-state index is 13.0. The predicted molar refractivity (Wildman–Crippen MR) is 89.9 cm³/mol. The van der Waals surface area contributed by atoms with Crippen molar-refractivity contribution in [3.63, 3.8) is 0 Å². The summed E-state index contributed by atoms with van der Waals surface area (Å²) in [5.74, 6) is 0.0225. The summed E-state index contributed by atoms with van der Waals surface area (Å²) in [5.41, 5.74) is 4.69. The Morgan fingerprint density at radius 1 is 1.30 bits per heavy atom. The van der Waals surface area contributed by atoms with Gasteiger partial charge in [0.2, 0.25) is 0 Å². The normalized spacial score (nSPS) is 17.1. The van der Waals surface area contributed by atoms with Crippen molar-refractivity contribution in [3.8, 4) is 0 Å². The molecular formula is C17H16N4OS. The molecule has 0 spiro atoms. The van der Waals surface area contributed by atoms with Crippen molar-refractivity contribution in [2.75, 3.05) is 11.4 Å². The molecule has 0 saturated heterocycles. The summed E-state index contributed by atoms with van der Waals surface area (Å²) in [6.07, 6.45) is 4.61. The van der Waals surface area contributed by atoms with Crippen molar-refractivity contribution in [1.29, 1.82) is 0 Å². The number of rotatable bonds is 2. The third-order valence-corrected chi connectivity index (χ3v) is 5.13. The Morgan fingerprint density at radius 3 is 2.91 bits per heavy atom. The molecule has 2 aromatic heterocycles. The van der Waals surface area contributed by atoms with Gasteiger partial charge in [-0.2, -0.15) is 5.10 Å². The number of thiazole rings is 1. The molecule has 0 fully saturated rings. The molecule has 4 rings (SSSR count). The number of aromatic nitrogens is 3. The second kappa shape index (κ2) is 5.62. The van der Waals surface area contributed by atoms with E-state index in [4.69, 9.17) is 0 Å². The summed E-state index contributed by atoms with van der Waals surface area (Å²) >= 11 is 1.40. The first kappa shape index (κ1) is 14.1. The topological polar surface area (TPSA) is 51.0 Å². The summed E-state index contributed by atoms with van der Waals surface area (Å²) in [6, 6.07) is 10.2. The molecule has 3 aromatic rings. The molecule has 0 N–H and O–H groups in total. The number of nitrogens with zero attached hydrogens (tertiary/aromatic N) is 4. The number of carbonyl (C=O) groups is 1. The van der Waals surface area contributed by atoms with Gasteiger partial charge in [0, 0.05) is 24.6 Å². The van der Waals surface area contributed by atoms with Crippen molar-refractivity contribution in [2.24, 2.45) is 0 Å². The van der Waals surface area contributed by atoms with Crippen LogP contribution in [0.4, 0.5) is 5.69 Å². The quantitative estimate of drug-likeness (QED) is 0.728. The average Bonchev–Trinajstić information content (AvgIpc) is 3.24. The Kier molecular flexibility index (Phi) is 3.46. The first-order chi connectivity index (χ1) is 11.2. The van der Waals surface area contributed by atoms with Crippen LogP contribution in [0.15, 0.2) is 48.2 Å². The fourth-order valence-corrected chi connectivity index (χ4v) is 3.82. The highest BCUT2D eigenvalue weighted by Gasteiger charge is 2.31. The number of amides is 1. The van der Waals surface area contributed by atoms with E-state index in [2.05, 4.69) is 16.1 Å². The van der Waals surface area contributed by atoms with Crippen molar-refractivity contribution in [2.45, 2.75) is 19.4 Å². The molecule has 116 valence electrons. The van der Waals surface area contributed by atoms with E-state index in [0.717, 1.165) is 17.8 Å². The largest absolute Gasteiger partial charge is 0.305 e. The van der Waals surface area contributed by atoms with Crippen LogP contribution >= 0.6 is 11.3 Å². The Hall–Kier alpha value is -2.47. The van der Waals surface area contributed by atoms with Gasteiger partial charge < -0.3 is 4.90 Å². The van der Waals surface area contributed by atoms with Crippen LogP contribution in [0.3, 0.4) is 0 Å². The number of anilines is 1. The summed E-state index contributed by atoms with van der Waals surface area (Å²) in [4.78, 5) is 19.8. The van der Waals surface area contributed by atoms with Crippen LogP contribution in [0.25, 0.3) is 0 Å². The standard InChI is InChI=1S/C17H16N4OS/c1-12-16(23-11-18-12)17(22)20-10-14(21-8-4-7-19-21)9-13-5-2-3-6-15(13)20/h2-8,11,14H,9-10H2,1H3/t14-/m1/s1. The highest BCUT2D eigenvalue weighted by atomic mass is 32.1. The molecule has 0 radical (unpaired) electrons. The summed E-state index contributed by atoms with van der Waals surface area (Å²) < 4.78 is 1.94. The van der Waals surface area contributed by atoms with Gasteiger partial charge in [0.05, 0.1) is 17.2 Å². The first-order valence-corrected chi connectivity index (χ1v) is 8.41. The maximum atomic E-state index is 13.0. The minimum Gasteiger partial charge on any atom is -0.305 e. The SMILES string of the molecule is Cc1ncsc1C(=O)N1C[C@H](n2cccn2)Cc2ccccc21. The summed E-state index contributed by atoms with van der Waals surface area (Å²) in [5, 5.41) is 4.36. The van der Waals surface area contributed by atoms with Crippen molar-refractivity contribution in [1.82, 2.24) is 14.8 Å². The van der Waals surface area contributed by atoms with Gasteiger partial charge in [-0.15, -0.1) is 11.3 Å². The highest BCUT2D eigenvalue weighted by Crippen LogP contribution is 2.33. The summed E-state index contributed by atoms with van der Waals surface area (Å²) in [6.45, 7) is 2.50. The van der Waals surface area contributed by atoms with Crippen LogP contribution in [0.5, 0.6) is 0 Å². The third-order valence-electron chi connectivity index (χ3n) is 4.22. The van der Waals surface area contributed by atoms with E-state index in [-0.39, 0.29) is 11.9 Å². The Balaban J connectivity index is 1.75. The molecule has 1 aliphatic rings. The number of para-hydroxylation sites is 1. The van der Waals surface area contributed by atoms with Gasteiger partial charge in [-0.05, 0) is 31.0 Å². The molecule has 1 aromatic carbocycles. The number of aryl methyl sites for hydroxylation is 1. The fraction of sp³-hybridized carbons (Fsp3) is 0.235. The van der Waals surface area contributed by atoms with Gasteiger partial charge in [0.1, 0.15) is 4.88 Å². The summed E-state index contributed by atoms with van der Waals surface area (Å²) in [7, 11) is 0. The Morgan fingerprint density at radius 2 is 2.17 bits per heavy atom. The first-order valence-electron chi connectivity index (χ1n) is 7.53. The van der Waals surface area contributed by atoms with Crippen LogP contribution in [-0.4, -0.2) is 27.2 Å². The molecule has 0 saturated carbocycles. The highest BCUT2D eigenvalue weighted by molar-refractivity contribution is 7.12. The zero-order valence-corrected chi connectivity index (χ0v) is 13.5. The van der Waals surface area contributed by atoms with Gasteiger partial charge in [0.15, 0.2) is 0 Å². The third kappa shape index (κ3) is 2.45. The lowest BCUT2D eigenvalue weighted by molar-refractivity contribution is 0.0983. The van der Waals surface area contributed by atoms with Gasteiger partial charge in [-0.1, -0.05) is 18.2 Å². The van der Waals surface area contributed by atoms with Gasteiger partial charge in [-0.25, -0.2) is 4.98 Å². The molecular weight excluding hydrogens is 308 g/mol. The van der Waals surface area contributed by atoms with E-state index in [1.54, 1.807) is 11.7 Å². The molecule has 3 heterocycles. The van der Waals surface area contributed by atoms with E-state index in [1.165, 1.54) is 16.9 Å². The molecule has 1 amide bonds. The average molecular weight is 324 g/mol. The minimum atomic E-state index is 0.0225. The van der Waals surface area contributed by atoms with E-state index < -0.39 is 0 Å². The zero-order valence-electron chi connectivity index (χ0n) is 12.7. The zero-order chi connectivity index (χ0) is 15.8. The lowest BCUT2D eigenvalue weighted by Crippen LogP contribution is -2.41. The minimum absolute atomic E-state index is 0.0225. The van der Waals surface area contributed by atoms with Crippen molar-refractivity contribution in [3.05, 3.63) is 64.4 Å². The number of carbonyl (C=O) groups excluding carboxylic acids is 1. The van der Waals surface area contributed by atoms with Crippen LogP contribution in [0.2, 0.25) is 0 Å². The monoisotopic (exact) mass is 324 g/mol. The molecule has 23 heavy (non-hydrogen) atoms. The molecule has 5 nitrogen and oxygen atoms in total. The van der Waals surface area contributed by atoms with E-state index in [0.29, 0.717) is 11.4 Å². The molecule has 6 heteroatoms. The Bertz CT molecular complexity index is 840. The van der Waals surface area contributed by atoms with Crippen LogP contribution in [0, 0.1) is 6.92 Å². The molecule has 1 atom stereocenters. The van der Waals surface area contributed by atoms with Crippen LogP contribution in [0.1, 0.15) is 27.0 Å². The second-order valence-electron chi connectivity index (χ2n) is 5.66. The Labute approximate surface area is 138 Å². The molecule has 0 unspecified atom stereocenters. The number of benzene rings is 1. The maximum Gasteiger partial charge on any atom is 0.270 e. The molecule has 1 aliphatic heterocycles. The lowest BCUT2D eigenvalue weighted by Gasteiger charge is -2.34. The molecule has 0 aliphatic carbocycles. The smallest absolute Gasteiger partial charge is 0.270 e. The van der Waals surface area contributed by atoms with E-state index >= 15 is 0 Å². The second-order valence-corrected chi connectivity index (χ2v) is 6.51. The van der Waals surface area contributed by atoms with Gasteiger partial charge >= 0.3 is 0 Å².